The molecule has 3 aromatic heterocycles. The SMILES string of the molecule is CCCCn1c(=O)c2c(nc(OCc3ncc(C)o3)n2Cc2ccc(Cl)cc2)n(C)c1=O. The summed E-state index contributed by atoms with van der Waals surface area (Å²) in [6, 6.07) is 7.49. The molecule has 0 amide bonds. The number of halogens is 1. The fourth-order valence-corrected chi connectivity index (χ4v) is 3.61. The van der Waals surface area contributed by atoms with Crippen LogP contribution in [0.5, 0.6) is 6.01 Å². The van der Waals surface area contributed by atoms with Gasteiger partial charge in [0.25, 0.3) is 11.6 Å². The fourth-order valence-electron chi connectivity index (χ4n) is 3.49. The van der Waals surface area contributed by atoms with E-state index in [-0.39, 0.29) is 23.8 Å². The predicted octanol–water partition coefficient (Wildman–Crippen LogP) is 3.27. The van der Waals surface area contributed by atoms with Crippen LogP contribution in [-0.4, -0.2) is 23.7 Å². The van der Waals surface area contributed by atoms with E-state index in [9.17, 15) is 9.59 Å². The van der Waals surface area contributed by atoms with Gasteiger partial charge in [0, 0.05) is 18.6 Å². The number of benzene rings is 1. The molecule has 4 rings (SSSR count). The molecule has 0 atom stereocenters. The molecule has 0 saturated heterocycles. The van der Waals surface area contributed by atoms with Gasteiger partial charge in [0.15, 0.2) is 17.8 Å². The van der Waals surface area contributed by atoms with Crippen LogP contribution in [0, 0.1) is 6.92 Å². The summed E-state index contributed by atoms with van der Waals surface area (Å²) >= 11 is 6.02. The monoisotopic (exact) mass is 457 g/mol. The molecule has 0 N–H and O–H groups in total. The second kappa shape index (κ2) is 9.04. The molecule has 0 aliphatic carbocycles. The van der Waals surface area contributed by atoms with Crippen molar-refractivity contribution in [3.05, 3.63) is 73.5 Å². The van der Waals surface area contributed by atoms with Crippen LogP contribution < -0.4 is 16.0 Å². The zero-order valence-electron chi connectivity index (χ0n) is 18.2. The van der Waals surface area contributed by atoms with Gasteiger partial charge in [-0.3, -0.25) is 18.5 Å². The van der Waals surface area contributed by atoms with Crippen molar-refractivity contribution in [3.8, 4) is 6.01 Å². The average molecular weight is 458 g/mol. The normalized spacial score (nSPS) is 11.4. The minimum Gasteiger partial charge on any atom is -0.455 e. The van der Waals surface area contributed by atoms with E-state index in [4.69, 9.17) is 20.8 Å². The lowest BCUT2D eigenvalue weighted by molar-refractivity contribution is 0.234. The molecule has 0 spiro atoms. The number of oxazole rings is 1. The maximum absolute atomic E-state index is 13.3. The molecule has 168 valence electrons. The van der Waals surface area contributed by atoms with Crippen molar-refractivity contribution in [2.75, 3.05) is 0 Å². The summed E-state index contributed by atoms with van der Waals surface area (Å²) in [5, 5.41) is 0.615. The Hall–Kier alpha value is -3.33. The van der Waals surface area contributed by atoms with E-state index < -0.39 is 5.69 Å². The van der Waals surface area contributed by atoms with E-state index in [1.165, 1.54) is 9.13 Å². The largest absolute Gasteiger partial charge is 0.455 e. The van der Waals surface area contributed by atoms with E-state index in [1.807, 2.05) is 19.1 Å². The van der Waals surface area contributed by atoms with Crippen LogP contribution in [0.25, 0.3) is 11.2 Å². The van der Waals surface area contributed by atoms with Gasteiger partial charge in [0.2, 0.25) is 5.89 Å². The topological polar surface area (TPSA) is 97.1 Å². The first-order valence-electron chi connectivity index (χ1n) is 10.4. The van der Waals surface area contributed by atoms with Crippen molar-refractivity contribution in [1.82, 2.24) is 23.7 Å². The molecule has 3 heterocycles. The highest BCUT2D eigenvalue weighted by Gasteiger charge is 2.22. The molecule has 32 heavy (non-hydrogen) atoms. The molecular weight excluding hydrogens is 434 g/mol. The third-order valence-electron chi connectivity index (χ3n) is 5.18. The smallest absolute Gasteiger partial charge is 0.332 e. The third-order valence-corrected chi connectivity index (χ3v) is 5.43. The lowest BCUT2D eigenvalue weighted by Gasteiger charge is -2.11. The summed E-state index contributed by atoms with van der Waals surface area (Å²) in [6.45, 7) is 4.50. The Balaban J connectivity index is 1.85. The number of hydrogen-bond acceptors (Lipinski definition) is 6. The fraction of sp³-hybridized carbons (Fsp3) is 0.364. The molecule has 0 radical (unpaired) electrons. The van der Waals surface area contributed by atoms with Crippen LogP contribution in [0.4, 0.5) is 0 Å². The Morgan fingerprint density at radius 3 is 2.56 bits per heavy atom. The van der Waals surface area contributed by atoms with Crippen molar-refractivity contribution in [2.45, 2.75) is 46.4 Å². The molecule has 0 aliphatic heterocycles. The van der Waals surface area contributed by atoms with Gasteiger partial charge in [-0.2, -0.15) is 4.98 Å². The first-order valence-corrected chi connectivity index (χ1v) is 10.8. The zero-order valence-corrected chi connectivity index (χ0v) is 18.9. The number of ether oxygens (including phenoxy) is 1. The summed E-state index contributed by atoms with van der Waals surface area (Å²) in [6.07, 6.45) is 3.19. The van der Waals surface area contributed by atoms with Crippen molar-refractivity contribution in [1.29, 1.82) is 0 Å². The number of nitrogens with zero attached hydrogens (tertiary/aromatic N) is 5. The van der Waals surface area contributed by atoms with E-state index in [2.05, 4.69) is 9.97 Å². The quantitative estimate of drug-likeness (QED) is 0.403. The molecule has 0 bridgehead atoms. The second-order valence-electron chi connectivity index (χ2n) is 7.58. The highest BCUT2D eigenvalue weighted by Crippen LogP contribution is 2.22. The first kappa shape index (κ1) is 21.9. The summed E-state index contributed by atoms with van der Waals surface area (Å²) in [4.78, 5) is 34.8. The lowest BCUT2D eigenvalue weighted by Crippen LogP contribution is -2.39. The number of unbranched alkanes of at least 4 members (excludes halogenated alkanes) is 1. The maximum Gasteiger partial charge on any atom is 0.332 e. The van der Waals surface area contributed by atoms with Crippen LogP contribution in [0.3, 0.4) is 0 Å². The summed E-state index contributed by atoms with van der Waals surface area (Å²) in [5.41, 5.74) is 0.678. The van der Waals surface area contributed by atoms with Gasteiger partial charge in [-0.15, -0.1) is 0 Å². The van der Waals surface area contributed by atoms with Crippen LogP contribution in [0.1, 0.15) is 37.0 Å². The molecule has 0 aliphatic rings. The first-order chi connectivity index (χ1) is 15.4. The van der Waals surface area contributed by atoms with E-state index in [1.54, 1.807) is 36.9 Å². The van der Waals surface area contributed by atoms with Crippen molar-refractivity contribution in [2.24, 2.45) is 7.05 Å². The van der Waals surface area contributed by atoms with Gasteiger partial charge >= 0.3 is 5.69 Å². The Kier molecular flexibility index (Phi) is 6.18. The number of rotatable bonds is 8. The average Bonchev–Trinajstić information content (AvgIpc) is 3.36. The zero-order chi connectivity index (χ0) is 22.8. The second-order valence-corrected chi connectivity index (χ2v) is 8.02. The van der Waals surface area contributed by atoms with Crippen LogP contribution in [-0.2, 0) is 26.7 Å². The molecule has 0 fully saturated rings. The molecule has 4 aromatic rings. The molecule has 1 aromatic carbocycles. The molecular formula is C22H24ClN5O4. The standard InChI is InChI=1S/C22H24ClN5O4/c1-4-5-10-27-20(29)18-19(26(3)22(27)30)25-21(31-13-17-24-11-14(2)32-17)28(18)12-15-6-8-16(23)9-7-15/h6-9,11H,4-5,10,12-13H2,1-3H3. The minimum atomic E-state index is -0.401. The van der Waals surface area contributed by atoms with Crippen molar-refractivity contribution < 1.29 is 9.15 Å². The summed E-state index contributed by atoms with van der Waals surface area (Å²) in [7, 11) is 1.60. The Morgan fingerprint density at radius 2 is 1.91 bits per heavy atom. The lowest BCUT2D eigenvalue weighted by atomic mass is 10.2. The summed E-state index contributed by atoms with van der Waals surface area (Å²) in [5.74, 6) is 1.06. The van der Waals surface area contributed by atoms with Crippen LogP contribution >= 0.6 is 11.6 Å². The number of imidazole rings is 1. The molecule has 0 unspecified atom stereocenters. The van der Waals surface area contributed by atoms with Gasteiger partial charge in [0.05, 0.1) is 12.7 Å². The Bertz CT molecular complexity index is 1360. The maximum atomic E-state index is 13.3. The summed E-state index contributed by atoms with van der Waals surface area (Å²) < 4.78 is 15.7. The van der Waals surface area contributed by atoms with E-state index >= 15 is 0 Å². The number of fused-ring (bicyclic) bond motifs is 1. The number of aromatic nitrogens is 5. The van der Waals surface area contributed by atoms with Gasteiger partial charge in [-0.25, -0.2) is 9.78 Å². The minimum absolute atomic E-state index is 0.0375. The van der Waals surface area contributed by atoms with E-state index in [0.29, 0.717) is 35.3 Å². The van der Waals surface area contributed by atoms with Crippen molar-refractivity contribution >= 4 is 22.8 Å². The highest BCUT2D eigenvalue weighted by atomic mass is 35.5. The Morgan fingerprint density at radius 1 is 1.16 bits per heavy atom. The van der Waals surface area contributed by atoms with Gasteiger partial charge in [-0.1, -0.05) is 37.1 Å². The van der Waals surface area contributed by atoms with Crippen LogP contribution in [0.15, 0.2) is 44.5 Å². The van der Waals surface area contributed by atoms with Gasteiger partial charge in [-0.05, 0) is 31.0 Å². The number of aryl methyl sites for hydroxylation is 2. The molecule has 9 nitrogen and oxygen atoms in total. The van der Waals surface area contributed by atoms with Gasteiger partial charge < -0.3 is 9.15 Å². The van der Waals surface area contributed by atoms with E-state index in [0.717, 1.165) is 18.4 Å². The predicted molar refractivity (Wildman–Crippen MR) is 120 cm³/mol. The third kappa shape index (κ3) is 4.20. The Labute approximate surface area is 188 Å². The van der Waals surface area contributed by atoms with Crippen molar-refractivity contribution in [3.63, 3.8) is 0 Å². The highest BCUT2D eigenvalue weighted by molar-refractivity contribution is 6.30. The molecule has 0 saturated carbocycles. The molecule has 10 heteroatoms. The van der Waals surface area contributed by atoms with Gasteiger partial charge in [0.1, 0.15) is 5.76 Å². The number of hydrogen-bond donors (Lipinski definition) is 0. The van der Waals surface area contributed by atoms with Crippen LogP contribution in [0.2, 0.25) is 5.02 Å².